The molecule has 4 nitrogen and oxygen atoms in total. The van der Waals surface area contributed by atoms with Gasteiger partial charge < -0.3 is 15.4 Å². The van der Waals surface area contributed by atoms with Crippen LogP contribution < -0.4 is 10.6 Å². The van der Waals surface area contributed by atoms with E-state index in [9.17, 15) is 4.79 Å². The molecule has 0 radical (unpaired) electrons. The second kappa shape index (κ2) is 5.53. The van der Waals surface area contributed by atoms with Gasteiger partial charge in [0.2, 0.25) is 0 Å². The molecule has 0 bridgehead atoms. The highest BCUT2D eigenvalue weighted by Crippen LogP contribution is 2.24. The van der Waals surface area contributed by atoms with Gasteiger partial charge in [-0.25, -0.2) is 4.79 Å². The predicted molar refractivity (Wildman–Crippen MR) is 64.4 cm³/mol. The molecule has 1 amide bonds. The van der Waals surface area contributed by atoms with Crippen LogP contribution in [-0.4, -0.2) is 31.3 Å². The van der Waals surface area contributed by atoms with Crippen LogP contribution in [0.5, 0.6) is 0 Å². The standard InChI is InChI=1S/C12H24N2O2/c1-12(2,3)16-11(15)14-8-9-5-6-10(7-9)13-4/h9-10,13H,5-8H2,1-4H3,(H,14,15). The third-order valence-corrected chi connectivity index (χ3v) is 2.88. The van der Waals surface area contributed by atoms with Crippen LogP contribution in [0.4, 0.5) is 4.79 Å². The van der Waals surface area contributed by atoms with Gasteiger partial charge in [0.25, 0.3) is 0 Å². The third-order valence-electron chi connectivity index (χ3n) is 2.88. The molecule has 0 aromatic heterocycles. The van der Waals surface area contributed by atoms with Crippen LogP contribution in [0.3, 0.4) is 0 Å². The lowest BCUT2D eigenvalue weighted by molar-refractivity contribution is 0.0519. The first-order chi connectivity index (χ1) is 7.40. The van der Waals surface area contributed by atoms with E-state index < -0.39 is 5.60 Å². The maximum Gasteiger partial charge on any atom is 0.407 e. The Labute approximate surface area is 98.1 Å². The number of carbonyl (C=O) groups is 1. The molecule has 1 rings (SSSR count). The van der Waals surface area contributed by atoms with E-state index in [1.54, 1.807) is 0 Å². The summed E-state index contributed by atoms with van der Waals surface area (Å²) in [5.41, 5.74) is -0.409. The van der Waals surface area contributed by atoms with Crippen LogP contribution in [0.1, 0.15) is 40.0 Å². The number of hydrogen-bond donors (Lipinski definition) is 2. The molecular weight excluding hydrogens is 204 g/mol. The monoisotopic (exact) mass is 228 g/mol. The molecule has 2 N–H and O–H groups in total. The maximum absolute atomic E-state index is 11.4. The SMILES string of the molecule is CNC1CCC(CNC(=O)OC(C)(C)C)C1. The Balaban J connectivity index is 2.18. The molecule has 0 aliphatic heterocycles. The van der Waals surface area contributed by atoms with Crippen LogP contribution in [0.25, 0.3) is 0 Å². The topological polar surface area (TPSA) is 50.4 Å². The van der Waals surface area contributed by atoms with Gasteiger partial charge in [0, 0.05) is 12.6 Å². The molecule has 0 saturated heterocycles. The van der Waals surface area contributed by atoms with Gasteiger partial charge in [0.05, 0.1) is 0 Å². The summed E-state index contributed by atoms with van der Waals surface area (Å²) in [7, 11) is 1.99. The highest BCUT2D eigenvalue weighted by molar-refractivity contribution is 5.67. The lowest BCUT2D eigenvalue weighted by Crippen LogP contribution is -2.35. The molecule has 16 heavy (non-hydrogen) atoms. The van der Waals surface area contributed by atoms with Gasteiger partial charge in [-0.3, -0.25) is 0 Å². The number of carbonyl (C=O) groups excluding carboxylic acids is 1. The third kappa shape index (κ3) is 4.84. The summed E-state index contributed by atoms with van der Waals surface area (Å²) in [5.74, 6) is 0.588. The van der Waals surface area contributed by atoms with Gasteiger partial charge in [0.1, 0.15) is 5.60 Å². The van der Waals surface area contributed by atoms with Crippen molar-refractivity contribution in [3.8, 4) is 0 Å². The normalized spacial score (nSPS) is 25.5. The molecular formula is C12H24N2O2. The van der Waals surface area contributed by atoms with Crippen molar-refractivity contribution in [3.05, 3.63) is 0 Å². The Kier molecular flexibility index (Phi) is 4.59. The van der Waals surface area contributed by atoms with Crippen LogP contribution in [0, 0.1) is 5.92 Å². The molecule has 0 aromatic rings. The molecule has 0 heterocycles. The van der Waals surface area contributed by atoms with Crippen LogP contribution in [0.15, 0.2) is 0 Å². The van der Waals surface area contributed by atoms with E-state index in [1.165, 1.54) is 12.8 Å². The van der Waals surface area contributed by atoms with Gasteiger partial charge in [0.15, 0.2) is 0 Å². The summed E-state index contributed by atoms with van der Waals surface area (Å²) in [4.78, 5) is 11.4. The summed E-state index contributed by atoms with van der Waals surface area (Å²) < 4.78 is 5.19. The van der Waals surface area contributed by atoms with Crippen molar-refractivity contribution < 1.29 is 9.53 Å². The van der Waals surface area contributed by atoms with Crippen molar-refractivity contribution in [3.63, 3.8) is 0 Å². The lowest BCUT2D eigenvalue weighted by atomic mass is 10.1. The number of hydrogen-bond acceptors (Lipinski definition) is 3. The molecule has 4 heteroatoms. The number of nitrogens with one attached hydrogen (secondary N) is 2. The smallest absolute Gasteiger partial charge is 0.407 e. The Bertz CT molecular complexity index is 236. The largest absolute Gasteiger partial charge is 0.444 e. The van der Waals surface area contributed by atoms with E-state index in [2.05, 4.69) is 10.6 Å². The minimum absolute atomic E-state index is 0.305. The van der Waals surface area contributed by atoms with Crippen molar-refractivity contribution in [2.75, 3.05) is 13.6 Å². The number of alkyl carbamates (subject to hydrolysis) is 1. The van der Waals surface area contributed by atoms with E-state index >= 15 is 0 Å². The quantitative estimate of drug-likeness (QED) is 0.775. The fraction of sp³-hybridized carbons (Fsp3) is 0.917. The highest BCUT2D eigenvalue weighted by atomic mass is 16.6. The Hall–Kier alpha value is -0.770. The second-order valence-electron chi connectivity index (χ2n) is 5.55. The zero-order valence-electron chi connectivity index (χ0n) is 10.8. The maximum atomic E-state index is 11.4. The van der Waals surface area contributed by atoms with E-state index in [0.717, 1.165) is 13.0 Å². The molecule has 0 spiro atoms. The minimum atomic E-state index is -0.409. The molecule has 1 aliphatic rings. The first-order valence-electron chi connectivity index (χ1n) is 6.05. The van der Waals surface area contributed by atoms with Gasteiger partial charge in [-0.1, -0.05) is 0 Å². The summed E-state index contributed by atoms with van der Waals surface area (Å²) in [6.07, 6.45) is 3.23. The fourth-order valence-electron chi connectivity index (χ4n) is 2.06. The van der Waals surface area contributed by atoms with E-state index in [1.807, 2.05) is 27.8 Å². The summed E-state index contributed by atoms with van der Waals surface area (Å²) in [6, 6.07) is 0.616. The van der Waals surface area contributed by atoms with Crippen molar-refractivity contribution in [2.45, 2.75) is 51.7 Å². The molecule has 1 fully saturated rings. The van der Waals surface area contributed by atoms with Crippen molar-refractivity contribution in [1.82, 2.24) is 10.6 Å². The van der Waals surface area contributed by atoms with Crippen LogP contribution in [-0.2, 0) is 4.74 Å². The summed E-state index contributed by atoms with van der Waals surface area (Å²) in [5, 5.41) is 6.11. The van der Waals surface area contributed by atoms with E-state index in [-0.39, 0.29) is 6.09 Å². The van der Waals surface area contributed by atoms with Crippen LogP contribution >= 0.6 is 0 Å². The Morgan fingerprint density at radius 3 is 2.56 bits per heavy atom. The summed E-state index contributed by atoms with van der Waals surface area (Å²) >= 11 is 0. The highest BCUT2D eigenvalue weighted by Gasteiger charge is 2.24. The predicted octanol–water partition coefficient (Wildman–Crippen LogP) is 1.90. The number of ether oxygens (including phenoxy) is 1. The zero-order chi connectivity index (χ0) is 12.2. The molecule has 94 valence electrons. The van der Waals surface area contributed by atoms with Gasteiger partial charge >= 0.3 is 6.09 Å². The van der Waals surface area contributed by atoms with Crippen LogP contribution in [0.2, 0.25) is 0 Å². The average Bonchev–Trinajstić information content (AvgIpc) is 2.59. The van der Waals surface area contributed by atoms with Crippen molar-refractivity contribution >= 4 is 6.09 Å². The second-order valence-corrected chi connectivity index (χ2v) is 5.55. The Morgan fingerprint density at radius 2 is 2.06 bits per heavy atom. The lowest BCUT2D eigenvalue weighted by Gasteiger charge is -2.20. The van der Waals surface area contributed by atoms with Gasteiger partial charge in [-0.05, 0) is 53.0 Å². The van der Waals surface area contributed by atoms with Gasteiger partial charge in [-0.2, -0.15) is 0 Å². The number of amides is 1. The minimum Gasteiger partial charge on any atom is -0.444 e. The average molecular weight is 228 g/mol. The Morgan fingerprint density at radius 1 is 1.38 bits per heavy atom. The van der Waals surface area contributed by atoms with Gasteiger partial charge in [-0.15, -0.1) is 0 Å². The first kappa shape index (κ1) is 13.3. The molecule has 2 atom stereocenters. The molecule has 0 aromatic carbocycles. The summed E-state index contributed by atoms with van der Waals surface area (Å²) in [6.45, 7) is 6.35. The van der Waals surface area contributed by atoms with Crippen molar-refractivity contribution in [1.29, 1.82) is 0 Å². The zero-order valence-corrected chi connectivity index (χ0v) is 10.8. The molecule has 1 saturated carbocycles. The molecule has 1 aliphatic carbocycles. The number of rotatable bonds is 3. The van der Waals surface area contributed by atoms with E-state index in [0.29, 0.717) is 12.0 Å². The van der Waals surface area contributed by atoms with Crippen molar-refractivity contribution in [2.24, 2.45) is 5.92 Å². The van der Waals surface area contributed by atoms with E-state index in [4.69, 9.17) is 4.74 Å². The fourth-order valence-corrected chi connectivity index (χ4v) is 2.06. The molecule has 2 unspecified atom stereocenters. The first-order valence-corrected chi connectivity index (χ1v) is 6.05.